The van der Waals surface area contributed by atoms with Gasteiger partial charge in [0.1, 0.15) is 23.0 Å². The SMILES string of the molecule is CC(C)(C)c1cc2c(O)c(c1)Cc1cc(C(C)(C)C)cc(c1OCCSCCO)Cc1cc(C(C)(C)C)cc(c1O)Cc1cc(C(C)(C)C)cc(c1OCCSCCO)C2. The first-order valence-corrected chi connectivity index (χ1v) is 24.0. The minimum atomic E-state index is -0.188. The highest BCUT2D eigenvalue weighted by atomic mass is 32.2. The zero-order valence-electron chi connectivity index (χ0n) is 38.5. The van der Waals surface area contributed by atoms with E-state index in [9.17, 15) is 20.4 Å². The third kappa shape index (κ3) is 12.0. The third-order valence-electron chi connectivity index (χ3n) is 11.4. The van der Waals surface area contributed by atoms with Gasteiger partial charge < -0.3 is 29.9 Å². The Kier molecular flexibility index (Phi) is 15.4. The van der Waals surface area contributed by atoms with E-state index in [-0.39, 0.29) is 46.4 Å². The van der Waals surface area contributed by atoms with Crippen LogP contribution in [0.5, 0.6) is 23.0 Å². The largest absolute Gasteiger partial charge is 0.507 e. The summed E-state index contributed by atoms with van der Waals surface area (Å²) in [4.78, 5) is 0. The number of hydrogen-bond acceptors (Lipinski definition) is 8. The van der Waals surface area contributed by atoms with Crippen molar-refractivity contribution in [1.82, 2.24) is 0 Å². The molecule has 1 aliphatic rings. The maximum atomic E-state index is 12.5. The summed E-state index contributed by atoms with van der Waals surface area (Å²) in [6.45, 7) is 27.9. The van der Waals surface area contributed by atoms with Crippen molar-refractivity contribution in [1.29, 1.82) is 0 Å². The Bertz CT molecular complexity index is 1860. The summed E-state index contributed by atoms with van der Waals surface area (Å²) in [5.74, 6) is 4.89. The van der Waals surface area contributed by atoms with Crippen molar-refractivity contribution in [3.8, 4) is 23.0 Å². The Hall–Kier alpha value is -3.30. The molecule has 328 valence electrons. The van der Waals surface area contributed by atoms with E-state index in [4.69, 9.17) is 9.47 Å². The van der Waals surface area contributed by atoms with E-state index in [1.54, 1.807) is 23.5 Å². The van der Waals surface area contributed by atoms with Crippen LogP contribution in [0.4, 0.5) is 0 Å². The van der Waals surface area contributed by atoms with Crippen LogP contribution in [0.15, 0.2) is 48.5 Å². The summed E-state index contributed by atoms with van der Waals surface area (Å²) in [6, 6.07) is 17.7. The maximum Gasteiger partial charge on any atom is 0.126 e. The molecule has 0 aromatic heterocycles. The molecule has 4 aromatic rings. The highest BCUT2D eigenvalue weighted by Crippen LogP contribution is 2.44. The van der Waals surface area contributed by atoms with Gasteiger partial charge in [-0.25, -0.2) is 0 Å². The predicted molar refractivity (Wildman–Crippen MR) is 255 cm³/mol. The van der Waals surface area contributed by atoms with Crippen LogP contribution in [-0.4, -0.2) is 69.9 Å². The third-order valence-corrected chi connectivity index (χ3v) is 13.3. The quantitative estimate of drug-likeness (QED) is 0.0921. The molecule has 0 heterocycles. The summed E-state index contributed by atoms with van der Waals surface area (Å²) in [5.41, 5.74) is 11.2. The van der Waals surface area contributed by atoms with Gasteiger partial charge in [-0.15, -0.1) is 0 Å². The van der Waals surface area contributed by atoms with E-state index < -0.39 is 0 Å². The Morgan fingerprint density at radius 1 is 0.400 bits per heavy atom. The first-order chi connectivity index (χ1) is 28.0. The highest BCUT2D eigenvalue weighted by Gasteiger charge is 2.28. The predicted octanol–water partition coefficient (Wildman–Crippen LogP) is 11.2. The van der Waals surface area contributed by atoms with Crippen molar-refractivity contribution >= 4 is 23.5 Å². The summed E-state index contributed by atoms with van der Waals surface area (Å²) in [5, 5.41) is 43.9. The number of rotatable bonds is 12. The fraction of sp³-hybridized carbons (Fsp3) is 0.538. The molecule has 0 radical (unpaired) electrons. The van der Waals surface area contributed by atoms with Gasteiger partial charge in [0, 0.05) is 48.7 Å². The first-order valence-electron chi connectivity index (χ1n) is 21.7. The maximum absolute atomic E-state index is 12.5. The lowest BCUT2D eigenvalue weighted by Crippen LogP contribution is -2.17. The number of fused-ring (bicyclic) bond motifs is 8. The number of ether oxygens (including phenoxy) is 2. The lowest BCUT2D eigenvalue weighted by atomic mass is 9.79. The minimum absolute atomic E-state index is 0.122. The Morgan fingerprint density at radius 2 is 0.633 bits per heavy atom. The molecular weight excluding hydrogens is 785 g/mol. The molecule has 0 unspecified atom stereocenters. The van der Waals surface area contributed by atoms with Crippen LogP contribution in [0.25, 0.3) is 0 Å². The van der Waals surface area contributed by atoms with Crippen molar-refractivity contribution < 1.29 is 29.9 Å². The molecular formula is C52H72O6S2. The fourth-order valence-electron chi connectivity index (χ4n) is 7.76. The number of aliphatic hydroxyl groups excluding tert-OH is 2. The van der Waals surface area contributed by atoms with Crippen LogP contribution >= 0.6 is 23.5 Å². The van der Waals surface area contributed by atoms with Gasteiger partial charge in [-0.05, 0) is 88.4 Å². The average molecular weight is 857 g/mol. The average Bonchev–Trinajstić information content (AvgIpc) is 3.13. The highest BCUT2D eigenvalue weighted by molar-refractivity contribution is 7.99. The number of aliphatic hydroxyl groups is 2. The van der Waals surface area contributed by atoms with E-state index in [0.717, 1.165) is 89.8 Å². The molecule has 8 bridgehead atoms. The van der Waals surface area contributed by atoms with Crippen molar-refractivity contribution in [2.24, 2.45) is 0 Å². The van der Waals surface area contributed by atoms with Crippen molar-refractivity contribution in [3.63, 3.8) is 0 Å². The summed E-state index contributed by atoms with van der Waals surface area (Å²) >= 11 is 3.32. The molecule has 0 aliphatic heterocycles. The van der Waals surface area contributed by atoms with Crippen LogP contribution in [0.3, 0.4) is 0 Å². The lowest BCUT2D eigenvalue weighted by molar-refractivity contribution is 0.321. The molecule has 5 rings (SSSR count). The number of phenols is 2. The second-order valence-corrected chi connectivity index (χ2v) is 23.1. The zero-order valence-corrected chi connectivity index (χ0v) is 40.2. The monoisotopic (exact) mass is 856 g/mol. The molecule has 4 N–H and O–H groups in total. The van der Waals surface area contributed by atoms with E-state index in [0.29, 0.717) is 50.4 Å². The van der Waals surface area contributed by atoms with Gasteiger partial charge in [0.2, 0.25) is 0 Å². The summed E-state index contributed by atoms with van der Waals surface area (Å²) in [6.07, 6.45) is 1.82. The van der Waals surface area contributed by atoms with E-state index >= 15 is 0 Å². The molecule has 0 atom stereocenters. The van der Waals surface area contributed by atoms with Crippen molar-refractivity contribution in [2.75, 3.05) is 49.4 Å². The van der Waals surface area contributed by atoms with Gasteiger partial charge in [0.15, 0.2) is 0 Å². The smallest absolute Gasteiger partial charge is 0.126 e. The van der Waals surface area contributed by atoms with E-state index in [2.05, 4.69) is 132 Å². The van der Waals surface area contributed by atoms with Crippen LogP contribution in [0.2, 0.25) is 0 Å². The van der Waals surface area contributed by atoms with Crippen LogP contribution in [0, 0.1) is 0 Å². The normalized spacial score (nSPS) is 13.7. The molecule has 0 saturated carbocycles. The second-order valence-electron chi connectivity index (χ2n) is 20.6. The molecule has 0 spiro atoms. The van der Waals surface area contributed by atoms with Crippen LogP contribution in [0.1, 0.15) is 150 Å². The standard InChI is InChI=1S/C52H72O6S2/c1-49(2,3)41-25-33-21-37-29-43(51(7,8)9)31-39(47(37)57-15-19-59-17-13-53)23-35-27-42(50(4,5)6)28-36(46(35)56)24-40-32-44(52(10,11)12)30-38(22-34(26-41)45(33)55)48(40)58-16-20-60-18-14-54/h25-32,53-56H,13-24H2,1-12H3. The Balaban J connectivity index is 1.88. The van der Waals surface area contributed by atoms with Gasteiger partial charge >= 0.3 is 0 Å². The molecule has 4 aromatic carbocycles. The van der Waals surface area contributed by atoms with Crippen LogP contribution in [-0.2, 0) is 47.3 Å². The molecule has 60 heavy (non-hydrogen) atoms. The number of aromatic hydroxyl groups is 2. The summed E-state index contributed by atoms with van der Waals surface area (Å²) in [7, 11) is 0. The van der Waals surface area contributed by atoms with Crippen molar-refractivity contribution in [2.45, 2.75) is 130 Å². The van der Waals surface area contributed by atoms with Crippen molar-refractivity contribution in [3.05, 3.63) is 115 Å². The second kappa shape index (κ2) is 19.4. The molecule has 8 heteroatoms. The summed E-state index contributed by atoms with van der Waals surface area (Å²) < 4.78 is 13.6. The minimum Gasteiger partial charge on any atom is -0.507 e. The number of benzene rings is 4. The molecule has 6 nitrogen and oxygen atoms in total. The zero-order chi connectivity index (χ0) is 44.2. The number of phenolic OH excluding ortho intramolecular Hbond substituents is 2. The van der Waals surface area contributed by atoms with Gasteiger partial charge in [0.25, 0.3) is 0 Å². The lowest BCUT2D eigenvalue weighted by Gasteiger charge is -2.28. The van der Waals surface area contributed by atoms with Crippen LogP contribution < -0.4 is 9.47 Å². The first kappa shape index (κ1) is 47.7. The molecule has 0 amide bonds. The Labute approximate surface area is 369 Å². The van der Waals surface area contributed by atoms with Gasteiger partial charge in [-0.1, -0.05) is 132 Å². The molecule has 0 saturated heterocycles. The fourth-order valence-corrected chi connectivity index (χ4v) is 8.82. The molecule has 1 aliphatic carbocycles. The van der Waals surface area contributed by atoms with E-state index in [1.165, 1.54) is 0 Å². The van der Waals surface area contributed by atoms with E-state index in [1.807, 2.05) is 0 Å². The molecule has 0 fully saturated rings. The van der Waals surface area contributed by atoms with Gasteiger partial charge in [0.05, 0.1) is 26.4 Å². The van der Waals surface area contributed by atoms with Gasteiger partial charge in [-0.2, -0.15) is 23.5 Å². The topological polar surface area (TPSA) is 99.4 Å². The number of hydrogen-bond donors (Lipinski definition) is 4. The Morgan fingerprint density at radius 3 is 0.850 bits per heavy atom. The van der Waals surface area contributed by atoms with Gasteiger partial charge in [-0.3, -0.25) is 0 Å². The number of thioether (sulfide) groups is 2.